The van der Waals surface area contributed by atoms with Crippen molar-refractivity contribution in [3.63, 3.8) is 0 Å². The number of carbonyl (C=O) groups is 1. The van der Waals surface area contributed by atoms with Gasteiger partial charge in [-0.2, -0.15) is 5.10 Å². The minimum Gasteiger partial charge on any atom is -0.345 e. The lowest BCUT2D eigenvalue weighted by Crippen LogP contribution is -2.25. The number of H-pyrrole nitrogens is 1. The quantitative estimate of drug-likeness (QED) is 0.701. The summed E-state index contributed by atoms with van der Waals surface area (Å²) in [4.78, 5) is 12.1. The van der Waals surface area contributed by atoms with Gasteiger partial charge in [-0.15, -0.1) is 0 Å². The molecule has 1 amide bonds. The van der Waals surface area contributed by atoms with Gasteiger partial charge in [-0.1, -0.05) is 42.5 Å². The molecule has 0 radical (unpaired) electrons. The zero-order valence-electron chi connectivity index (χ0n) is 12.7. The Morgan fingerprint density at radius 1 is 1.17 bits per heavy atom. The Balaban J connectivity index is 1.73. The number of carbonyl (C=O) groups excluding carboxylic acids is 1. The first kappa shape index (κ1) is 16.1. The topological polar surface area (TPSA) is 62.7 Å². The molecule has 2 N–H and O–H groups in total. The average molecular weight is 342 g/mol. The van der Waals surface area contributed by atoms with Crippen LogP contribution in [0.3, 0.4) is 0 Å². The van der Waals surface area contributed by atoms with Gasteiger partial charge >= 0.3 is 0 Å². The fourth-order valence-electron chi connectivity index (χ4n) is 2.31. The third-order valence-electron chi connectivity index (χ3n) is 3.55. The standard InChI is InChI=1S/C17H15FN4OS/c18-14-9-5-4-8-13(14)16(23)19-10-15-20-21-17(24)22(15)11-12-6-2-1-3-7-12/h1-9H,10-11H2,(H,19,23)(H,21,24). The molecule has 2 aromatic carbocycles. The van der Waals surface area contributed by atoms with Crippen LogP contribution >= 0.6 is 12.2 Å². The summed E-state index contributed by atoms with van der Waals surface area (Å²) in [6.45, 7) is 0.689. The molecule has 7 heteroatoms. The highest BCUT2D eigenvalue weighted by Gasteiger charge is 2.13. The van der Waals surface area contributed by atoms with E-state index in [9.17, 15) is 9.18 Å². The molecule has 0 saturated carbocycles. The van der Waals surface area contributed by atoms with Crippen LogP contribution in [-0.2, 0) is 13.1 Å². The summed E-state index contributed by atoms with van der Waals surface area (Å²) in [7, 11) is 0. The number of benzene rings is 2. The average Bonchev–Trinajstić information content (AvgIpc) is 2.94. The Kier molecular flexibility index (Phi) is 4.81. The van der Waals surface area contributed by atoms with Crippen molar-refractivity contribution in [1.82, 2.24) is 20.1 Å². The number of hydrogen-bond acceptors (Lipinski definition) is 3. The van der Waals surface area contributed by atoms with Crippen LogP contribution in [0, 0.1) is 10.6 Å². The second kappa shape index (κ2) is 7.18. The molecule has 1 aromatic heterocycles. The molecular weight excluding hydrogens is 327 g/mol. The maximum Gasteiger partial charge on any atom is 0.254 e. The number of nitrogens with one attached hydrogen (secondary N) is 2. The summed E-state index contributed by atoms with van der Waals surface area (Å²) in [5.74, 6) is -0.472. The fraction of sp³-hybridized carbons (Fsp3) is 0.118. The van der Waals surface area contributed by atoms with Crippen molar-refractivity contribution in [3.05, 3.63) is 82.1 Å². The lowest BCUT2D eigenvalue weighted by molar-refractivity contribution is 0.0945. The molecule has 0 unspecified atom stereocenters. The minimum absolute atomic E-state index is 0.00115. The van der Waals surface area contributed by atoms with Crippen molar-refractivity contribution < 1.29 is 9.18 Å². The van der Waals surface area contributed by atoms with E-state index in [1.807, 2.05) is 30.3 Å². The maximum atomic E-state index is 13.6. The molecule has 24 heavy (non-hydrogen) atoms. The monoisotopic (exact) mass is 342 g/mol. The number of nitrogens with zero attached hydrogens (tertiary/aromatic N) is 2. The molecule has 0 aliphatic carbocycles. The first-order valence-corrected chi connectivity index (χ1v) is 7.76. The number of hydrogen-bond donors (Lipinski definition) is 2. The molecule has 1 heterocycles. The van der Waals surface area contributed by atoms with Crippen LogP contribution in [0.4, 0.5) is 4.39 Å². The molecule has 5 nitrogen and oxygen atoms in total. The predicted octanol–water partition coefficient (Wildman–Crippen LogP) is 3.06. The van der Waals surface area contributed by atoms with Crippen LogP contribution in [0.5, 0.6) is 0 Å². The molecule has 122 valence electrons. The largest absolute Gasteiger partial charge is 0.345 e. The Morgan fingerprint density at radius 3 is 2.62 bits per heavy atom. The van der Waals surface area contributed by atoms with Crippen LogP contribution in [-0.4, -0.2) is 20.7 Å². The van der Waals surface area contributed by atoms with Gasteiger partial charge in [0.2, 0.25) is 0 Å². The fourth-order valence-corrected chi connectivity index (χ4v) is 2.53. The van der Waals surface area contributed by atoms with E-state index in [4.69, 9.17) is 12.2 Å². The zero-order valence-corrected chi connectivity index (χ0v) is 13.5. The third-order valence-corrected chi connectivity index (χ3v) is 3.86. The van der Waals surface area contributed by atoms with Gasteiger partial charge in [0.15, 0.2) is 10.6 Å². The second-order valence-corrected chi connectivity index (χ2v) is 5.57. The summed E-state index contributed by atoms with van der Waals surface area (Å²) < 4.78 is 15.9. The lowest BCUT2D eigenvalue weighted by Gasteiger charge is -2.09. The predicted molar refractivity (Wildman–Crippen MR) is 90.5 cm³/mol. The van der Waals surface area contributed by atoms with E-state index < -0.39 is 11.7 Å². The van der Waals surface area contributed by atoms with Crippen molar-refractivity contribution in [1.29, 1.82) is 0 Å². The SMILES string of the molecule is O=C(NCc1n[nH]c(=S)n1Cc1ccccc1)c1ccccc1F. The van der Waals surface area contributed by atoms with E-state index in [1.165, 1.54) is 18.2 Å². The summed E-state index contributed by atoms with van der Waals surface area (Å²) in [6, 6.07) is 15.6. The molecular formula is C17H15FN4OS. The van der Waals surface area contributed by atoms with Crippen LogP contribution < -0.4 is 5.32 Å². The normalized spacial score (nSPS) is 10.5. The zero-order chi connectivity index (χ0) is 16.9. The van der Waals surface area contributed by atoms with E-state index in [0.717, 1.165) is 5.56 Å². The number of aromatic nitrogens is 3. The van der Waals surface area contributed by atoms with Crippen LogP contribution in [0.25, 0.3) is 0 Å². The first-order valence-electron chi connectivity index (χ1n) is 7.36. The molecule has 3 rings (SSSR count). The number of amides is 1. The Labute approximate surface area is 143 Å². The van der Waals surface area contributed by atoms with Crippen molar-refractivity contribution in [2.45, 2.75) is 13.1 Å². The van der Waals surface area contributed by atoms with E-state index in [-0.39, 0.29) is 12.1 Å². The molecule has 0 spiro atoms. The number of aromatic amines is 1. The van der Waals surface area contributed by atoms with E-state index in [2.05, 4.69) is 15.5 Å². The summed E-state index contributed by atoms with van der Waals surface area (Å²) in [5.41, 5.74) is 1.07. The van der Waals surface area contributed by atoms with Crippen LogP contribution in [0.15, 0.2) is 54.6 Å². The van der Waals surface area contributed by atoms with Gasteiger partial charge in [-0.05, 0) is 29.9 Å². The van der Waals surface area contributed by atoms with Gasteiger partial charge in [0.1, 0.15) is 5.82 Å². The van der Waals surface area contributed by atoms with Crippen molar-refractivity contribution in [3.8, 4) is 0 Å². The Morgan fingerprint density at radius 2 is 1.88 bits per heavy atom. The third kappa shape index (κ3) is 3.57. The Bertz CT molecular complexity index is 904. The summed E-state index contributed by atoms with van der Waals surface area (Å²) in [5, 5.41) is 9.53. The summed E-state index contributed by atoms with van der Waals surface area (Å²) >= 11 is 5.24. The highest BCUT2D eigenvalue weighted by molar-refractivity contribution is 7.71. The molecule has 0 aliphatic heterocycles. The van der Waals surface area contributed by atoms with Gasteiger partial charge in [0.05, 0.1) is 18.7 Å². The summed E-state index contributed by atoms with van der Waals surface area (Å²) in [6.07, 6.45) is 0. The van der Waals surface area contributed by atoms with Crippen molar-refractivity contribution >= 4 is 18.1 Å². The van der Waals surface area contributed by atoms with Gasteiger partial charge in [-0.25, -0.2) is 4.39 Å². The lowest BCUT2D eigenvalue weighted by atomic mass is 10.2. The molecule has 0 fully saturated rings. The molecule has 0 saturated heterocycles. The first-order chi connectivity index (χ1) is 11.6. The van der Waals surface area contributed by atoms with E-state index in [1.54, 1.807) is 10.6 Å². The van der Waals surface area contributed by atoms with Crippen LogP contribution in [0.1, 0.15) is 21.7 Å². The highest BCUT2D eigenvalue weighted by Crippen LogP contribution is 2.08. The van der Waals surface area contributed by atoms with E-state index in [0.29, 0.717) is 17.1 Å². The van der Waals surface area contributed by atoms with Crippen LogP contribution in [0.2, 0.25) is 0 Å². The van der Waals surface area contributed by atoms with Gasteiger partial charge in [-0.3, -0.25) is 14.5 Å². The van der Waals surface area contributed by atoms with Gasteiger partial charge in [0.25, 0.3) is 5.91 Å². The van der Waals surface area contributed by atoms with Crippen molar-refractivity contribution in [2.75, 3.05) is 0 Å². The second-order valence-electron chi connectivity index (χ2n) is 5.18. The molecule has 0 atom stereocenters. The maximum absolute atomic E-state index is 13.6. The highest BCUT2D eigenvalue weighted by atomic mass is 32.1. The number of rotatable bonds is 5. The Hall–Kier alpha value is -2.80. The van der Waals surface area contributed by atoms with Gasteiger partial charge in [0, 0.05) is 0 Å². The minimum atomic E-state index is -0.557. The molecule has 0 aliphatic rings. The number of halogens is 1. The van der Waals surface area contributed by atoms with E-state index >= 15 is 0 Å². The molecule has 0 bridgehead atoms. The smallest absolute Gasteiger partial charge is 0.254 e. The van der Waals surface area contributed by atoms with Crippen molar-refractivity contribution in [2.24, 2.45) is 0 Å². The molecule has 3 aromatic rings. The van der Waals surface area contributed by atoms with Gasteiger partial charge < -0.3 is 5.32 Å².